The number of nitrogens with zero attached hydrogens (tertiary/aromatic N) is 1. The highest BCUT2D eigenvalue weighted by Gasteiger charge is 2.18. The molecule has 1 N–H and O–H groups in total. The Morgan fingerprint density at radius 3 is 2.81 bits per heavy atom. The number of aromatic amines is 1. The zero-order valence-corrected chi connectivity index (χ0v) is 14.0. The summed E-state index contributed by atoms with van der Waals surface area (Å²) in [6, 6.07) is 12.0. The van der Waals surface area contributed by atoms with Gasteiger partial charge in [-0.05, 0) is 41.1 Å². The predicted octanol–water partition coefficient (Wildman–Crippen LogP) is 4.65. The van der Waals surface area contributed by atoms with E-state index in [1.165, 1.54) is 4.88 Å². The van der Waals surface area contributed by atoms with Gasteiger partial charge in [0.2, 0.25) is 0 Å². The van der Waals surface area contributed by atoms with E-state index < -0.39 is 0 Å². The van der Waals surface area contributed by atoms with Crippen molar-refractivity contribution in [1.29, 1.82) is 0 Å². The average molecular weight is 363 g/mol. The van der Waals surface area contributed by atoms with Crippen molar-refractivity contribution >= 4 is 44.1 Å². The Hall–Kier alpha value is -1.59. The zero-order chi connectivity index (χ0) is 14.8. The minimum absolute atomic E-state index is 0.0690. The summed E-state index contributed by atoms with van der Waals surface area (Å²) in [4.78, 5) is 19.0. The second-order valence-electron chi connectivity index (χ2n) is 4.77. The molecule has 0 aliphatic carbocycles. The van der Waals surface area contributed by atoms with E-state index in [1.807, 2.05) is 42.2 Å². The molecule has 108 valence electrons. The zero-order valence-electron chi connectivity index (χ0n) is 11.6. The second kappa shape index (κ2) is 6.03. The lowest BCUT2D eigenvalue weighted by Gasteiger charge is -2.19. The molecule has 3 aromatic rings. The third-order valence-corrected chi connectivity index (χ3v) is 5.07. The standard InChI is InChI=1S/C16H15BrN2OS/c1-2-19(10-11-7-8-15(17)21-11)16(20)13-9-18-14-6-4-3-5-12(13)14/h3-9,18H,2,10H2,1H3. The summed E-state index contributed by atoms with van der Waals surface area (Å²) in [5.74, 6) is 0.0690. The number of nitrogens with one attached hydrogen (secondary N) is 1. The highest BCUT2D eigenvalue weighted by Crippen LogP contribution is 2.25. The lowest BCUT2D eigenvalue weighted by atomic mass is 10.1. The number of benzene rings is 1. The maximum absolute atomic E-state index is 12.8. The van der Waals surface area contributed by atoms with Gasteiger partial charge in [0.1, 0.15) is 0 Å². The largest absolute Gasteiger partial charge is 0.360 e. The van der Waals surface area contributed by atoms with Crippen molar-refractivity contribution in [2.75, 3.05) is 6.54 Å². The lowest BCUT2D eigenvalue weighted by molar-refractivity contribution is 0.0756. The molecule has 0 aliphatic rings. The first-order valence-corrected chi connectivity index (χ1v) is 8.39. The smallest absolute Gasteiger partial charge is 0.256 e. The van der Waals surface area contributed by atoms with Crippen LogP contribution in [0.15, 0.2) is 46.4 Å². The monoisotopic (exact) mass is 362 g/mol. The first-order chi connectivity index (χ1) is 10.2. The highest BCUT2D eigenvalue weighted by atomic mass is 79.9. The third kappa shape index (κ3) is 2.89. The average Bonchev–Trinajstić information content (AvgIpc) is 3.10. The number of amides is 1. The van der Waals surface area contributed by atoms with Gasteiger partial charge >= 0.3 is 0 Å². The van der Waals surface area contributed by atoms with Gasteiger partial charge < -0.3 is 9.88 Å². The van der Waals surface area contributed by atoms with Crippen molar-refractivity contribution in [3.8, 4) is 0 Å². The Morgan fingerprint density at radius 2 is 2.10 bits per heavy atom. The van der Waals surface area contributed by atoms with Crippen LogP contribution < -0.4 is 0 Å². The minimum atomic E-state index is 0.0690. The van der Waals surface area contributed by atoms with E-state index >= 15 is 0 Å². The number of halogens is 1. The number of hydrogen-bond donors (Lipinski definition) is 1. The van der Waals surface area contributed by atoms with E-state index in [1.54, 1.807) is 17.5 Å². The van der Waals surface area contributed by atoms with Gasteiger partial charge in [-0.1, -0.05) is 18.2 Å². The van der Waals surface area contributed by atoms with Crippen LogP contribution in [0.25, 0.3) is 10.9 Å². The highest BCUT2D eigenvalue weighted by molar-refractivity contribution is 9.11. The number of H-pyrrole nitrogens is 1. The van der Waals surface area contributed by atoms with Crippen LogP contribution >= 0.6 is 27.3 Å². The van der Waals surface area contributed by atoms with Crippen LogP contribution in [0.3, 0.4) is 0 Å². The molecule has 1 amide bonds. The Morgan fingerprint density at radius 1 is 1.29 bits per heavy atom. The fourth-order valence-electron chi connectivity index (χ4n) is 2.37. The van der Waals surface area contributed by atoms with E-state index in [2.05, 4.69) is 27.0 Å². The first kappa shape index (κ1) is 14.4. The number of fused-ring (bicyclic) bond motifs is 1. The molecule has 0 saturated carbocycles. The van der Waals surface area contributed by atoms with Gasteiger partial charge in [-0.2, -0.15) is 0 Å². The van der Waals surface area contributed by atoms with Crippen LogP contribution in [0.2, 0.25) is 0 Å². The van der Waals surface area contributed by atoms with Gasteiger partial charge in [-0.3, -0.25) is 4.79 Å². The van der Waals surface area contributed by atoms with Crippen LogP contribution in [0.1, 0.15) is 22.2 Å². The summed E-state index contributed by atoms with van der Waals surface area (Å²) in [6.07, 6.45) is 1.81. The predicted molar refractivity (Wildman–Crippen MR) is 90.7 cm³/mol. The van der Waals surface area contributed by atoms with E-state index in [-0.39, 0.29) is 5.91 Å². The summed E-state index contributed by atoms with van der Waals surface area (Å²) in [5, 5.41) is 0.980. The summed E-state index contributed by atoms with van der Waals surface area (Å²) in [6.45, 7) is 3.34. The Bertz CT molecular complexity index is 777. The van der Waals surface area contributed by atoms with Crippen LogP contribution in [-0.4, -0.2) is 22.3 Å². The van der Waals surface area contributed by atoms with E-state index in [0.29, 0.717) is 13.1 Å². The topological polar surface area (TPSA) is 36.1 Å². The van der Waals surface area contributed by atoms with Gasteiger partial charge in [0.15, 0.2) is 0 Å². The molecule has 0 radical (unpaired) electrons. The van der Waals surface area contributed by atoms with Gasteiger partial charge in [0, 0.05) is 28.5 Å². The molecule has 0 aliphatic heterocycles. The van der Waals surface area contributed by atoms with E-state index in [4.69, 9.17) is 0 Å². The number of aromatic nitrogens is 1. The fraction of sp³-hybridized carbons (Fsp3) is 0.188. The van der Waals surface area contributed by atoms with Crippen molar-refractivity contribution in [2.24, 2.45) is 0 Å². The van der Waals surface area contributed by atoms with Crippen molar-refractivity contribution in [3.05, 3.63) is 56.8 Å². The van der Waals surface area contributed by atoms with Crippen molar-refractivity contribution in [3.63, 3.8) is 0 Å². The molecule has 0 bridgehead atoms. The normalized spacial score (nSPS) is 11.0. The maximum atomic E-state index is 12.8. The van der Waals surface area contributed by atoms with Crippen molar-refractivity contribution in [1.82, 2.24) is 9.88 Å². The van der Waals surface area contributed by atoms with Crippen molar-refractivity contribution < 1.29 is 4.79 Å². The molecule has 5 heteroatoms. The molecule has 3 rings (SSSR count). The van der Waals surface area contributed by atoms with Crippen LogP contribution in [0.5, 0.6) is 0 Å². The van der Waals surface area contributed by atoms with Gasteiger partial charge in [0.25, 0.3) is 5.91 Å². The Balaban J connectivity index is 1.88. The van der Waals surface area contributed by atoms with E-state index in [0.717, 1.165) is 20.3 Å². The molecule has 21 heavy (non-hydrogen) atoms. The summed E-state index contributed by atoms with van der Waals surface area (Å²) >= 11 is 5.13. The Labute approximate surface area is 135 Å². The molecule has 0 spiro atoms. The summed E-state index contributed by atoms with van der Waals surface area (Å²) in [7, 11) is 0. The molecule has 2 aromatic heterocycles. The molecule has 0 saturated heterocycles. The minimum Gasteiger partial charge on any atom is -0.360 e. The number of rotatable bonds is 4. The van der Waals surface area contributed by atoms with Crippen LogP contribution in [0, 0.1) is 0 Å². The number of para-hydroxylation sites is 1. The van der Waals surface area contributed by atoms with Gasteiger partial charge in [-0.15, -0.1) is 11.3 Å². The third-order valence-electron chi connectivity index (χ3n) is 3.46. The first-order valence-electron chi connectivity index (χ1n) is 6.78. The summed E-state index contributed by atoms with van der Waals surface area (Å²) < 4.78 is 1.09. The quantitative estimate of drug-likeness (QED) is 0.719. The molecule has 0 atom stereocenters. The lowest BCUT2D eigenvalue weighted by Crippen LogP contribution is -2.29. The molecule has 0 fully saturated rings. The van der Waals surface area contributed by atoms with Crippen molar-refractivity contribution in [2.45, 2.75) is 13.5 Å². The SMILES string of the molecule is CCN(Cc1ccc(Br)s1)C(=O)c1c[nH]c2ccccc12. The van der Waals surface area contributed by atoms with Gasteiger partial charge in [0.05, 0.1) is 15.9 Å². The number of carbonyl (C=O) groups is 1. The second-order valence-corrected chi connectivity index (χ2v) is 7.32. The number of hydrogen-bond acceptors (Lipinski definition) is 2. The van der Waals surface area contributed by atoms with Crippen LogP contribution in [0.4, 0.5) is 0 Å². The Kier molecular flexibility index (Phi) is 4.12. The van der Waals surface area contributed by atoms with Crippen LogP contribution in [-0.2, 0) is 6.54 Å². The molecule has 2 heterocycles. The van der Waals surface area contributed by atoms with Gasteiger partial charge in [-0.25, -0.2) is 0 Å². The molecule has 3 nitrogen and oxygen atoms in total. The molecule has 0 unspecified atom stereocenters. The number of thiophene rings is 1. The fourth-order valence-corrected chi connectivity index (χ4v) is 3.87. The number of carbonyl (C=O) groups excluding carboxylic acids is 1. The summed E-state index contributed by atoms with van der Waals surface area (Å²) in [5.41, 5.74) is 1.74. The molecular formula is C16H15BrN2OS. The maximum Gasteiger partial charge on any atom is 0.256 e. The molecule has 1 aromatic carbocycles. The molecular weight excluding hydrogens is 348 g/mol. The van der Waals surface area contributed by atoms with E-state index in [9.17, 15) is 4.79 Å².